The summed E-state index contributed by atoms with van der Waals surface area (Å²) in [7, 11) is 1.71. The molecule has 0 spiro atoms. The third-order valence-electron chi connectivity index (χ3n) is 5.21. The second kappa shape index (κ2) is 8.07. The van der Waals surface area contributed by atoms with Gasteiger partial charge >= 0.3 is 17.6 Å². The van der Waals surface area contributed by atoms with Crippen LogP contribution in [0.4, 0.5) is 0 Å². The number of aliphatic hydroxyl groups excluding tert-OH is 1. The van der Waals surface area contributed by atoms with Crippen molar-refractivity contribution >= 4 is 11.2 Å². The van der Waals surface area contributed by atoms with E-state index in [2.05, 4.69) is 11.9 Å². The van der Waals surface area contributed by atoms with Crippen molar-refractivity contribution in [1.82, 2.24) is 9.55 Å². The molecular formula is C18H30N4O4+2. The first-order valence-corrected chi connectivity index (χ1v) is 9.59. The molecule has 2 aromatic rings. The number of aliphatic hydroxyl groups is 1. The van der Waals surface area contributed by atoms with Crippen LogP contribution in [-0.4, -0.2) is 33.0 Å². The molecule has 2 aromatic heterocycles. The average Bonchev–Trinajstić information content (AvgIpc) is 3.26. The van der Waals surface area contributed by atoms with E-state index < -0.39 is 0 Å². The Labute approximate surface area is 152 Å². The standard InChI is InChI=1S/C18H28N4O4/c1-3-9-21-14-15(19-17(21)26-12-13-7-4-5-8-13)20(2)18(25)22(16(14)24)10-6-11-23/h13,23H,3-12H2,1-2H3/p+2. The zero-order valence-electron chi connectivity index (χ0n) is 15.7. The van der Waals surface area contributed by atoms with E-state index in [9.17, 15) is 9.90 Å². The van der Waals surface area contributed by atoms with Gasteiger partial charge in [0, 0.05) is 13.0 Å². The minimum absolute atomic E-state index is 0.0362. The fourth-order valence-corrected chi connectivity index (χ4v) is 3.77. The lowest BCUT2D eigenvalue weighted by molar-refractivity contribution is -0.685. The molecule has 1 fully saturated rings. The molecule has 3 rings (SSSR count). The van der Waals surface area contributed by atoms with Crippen LogP contribution in [0.25, 0.3) is 11.2 Å². The van der Waals surface area contributed by atoms with Crippen molar-refractivity contribution in [2.45, 2.75) is 58.5 Å². The summed E-state index contributed by atoms with van der Waals surface area (Å²) >= 11 is 0. The van der Waals surface area contributed by atoms with Gasteiger partial charge in [0.2, 0.25) is 0 Å². The molecule has 2 heterocycles. The maximum absolute atomic E-state index is 13.0. The van der Waals surface area contributed by atoms with Crippen LogP contribution in [0.5, 0.6) is 12.0 Å². The number of aromatic amines is 1. The van der Waals surface area contributed by atoms with Crippen molar-refractivity contribution in [2.75, 3.05) is 13.2 Å². The molecule has 0 unspecified atom stereocenters. The van der Waals surface area contributed by atoms with E-state index in [1.165, 1.54) is 30.3 Å². The molecule has 0 radical (unpaired) electrons. The highest BCUT2D eigenvalue weighted by Crippen LogP contribution is 2.25. The largest absolute Gasteiger partial charge is 0.458 e. The first-order valence-electron chi connectivity index (χ1n) is 9.59. The molecule has 0 bridgehead atoms. The smallest absolute Gasteiger partial charge is 0.427 e. The fourth-order valence-electron chi connectivity index (χ4n) is 3.77. The SMILES string of the molecule is CCC[n+]1c(OCC2CCCC2)[nH]c2c1c(=O)n(CCCO)c(O)[n+]2C. The Morgan fingerprint density at radius 2 is 2.08 bits per heavy atom. The molecule has 8 nitrogen and oxygen atoms in total. The first-order chi connectivity index (χ1) is 12.6. The molecule has 0 aromatic carbocycles. The molecule has 144 valence electrons. The summed E-state index contributed by atoms with van der Waals surface area (Å²) < 4.78 is 10.8. The monoisotopic (exact) mass is 366 g/mol. The predicted molar refractivity (Wildman–Crippen MR) is 95.0 cm³/mol. The Hall–Kier alpha value is -2.09. The van der Waals surface area contributed by atoms with E-state index in [1.54, 1.807) is 11.6 Å². The minimum atomic E-state index is -0.274. The van der Waals surface area contributed by atoms with Crippen molar-refractivity contribution < 1.29 is 24.1 Å². The lowest BCUT2D eigenvalue weighted by Gasteiger charge is -2.08. The van der Waals surface area contributed by atoms with Gasteiger partial charge in [0.25, 0.3) is 11.2 Å². The Bertz CT molecular complexity index is 821. The number of nitrogens with one attached hydrogen (secondary N) is 1. The lowest BCUT2D eigenvalue weighted by Crippen LogP contribution is -2.44. The normalized spacial score (nSPS) is 15.2. The van der Waals surface area contributed by atoms with E-state index >= 15 is 0 Å². The topological polar surface area (TPSA) is 95.2 Å². The van der Waals surface area contributed by atoms with Gasteiger partial charge in [-0.3, -0.25) is 0 Å². The molecule has 3 N–H and O–H groups in total. The lowest BCUT2D eigenvalue weighted by atomic mass is 10.1. The quantitative estimate of drug-likeness (QED) is 0.593. The minimum Gasteiger partial charge on any atom is -0.458 e. The van der Waals surface area contributed by atoms with Crippen LogP contribution in [-0.2, 0) is 20.1 Å². The number of nitrogens with zero attached hydrogens (tertiary/aromatic N) is 3. The summed E-state index contributed by atoms with van der Waals surface area (Å²) in [5.74, 6) is 0.569. The maximum atomic E-state index is 13.0. The number of rotatable bonds is 8. The molecule has 1 saturated carbocycles. The number of ether oxygens (including phenoxy) is 1. The van der Waals surface area contributed by atoms with Crippen molar-refractivity contribution in [3.05, 3.63) is 10.4 Å². The average molecular weight is 366 g/mol. The highest BCUT2D eigenvalue weighted by Gasteiger charge is 2.31. The summed E-state index contributed by atoms with van der Waals surface area (Å²) in [6.45, 7) is 3.58. The van der Waals surface area contributed by atoms with Gasteiger partial charge in [0.1, 0.15) is 0 Å². The van der Waals surface area contributed by atoms with E-state index in [0.29, 0.717) is 42.7 Å². The van der Waals surface area contributed by atoms with Crippen LogP contribution in [0.2, 0.25) is 0 Å². The number of H-pyrrole nitrogens is 1. The van der Waals surface area contributed by atoms with Crippen LogP contribution in [0, 0.1) is 5.92 Å². The molecule has 0 aliphatic heterocycles. The van der Waals surface area contributed by atoms with E-state index in [1.807, 2.05) is 4.57 Å². The van der Waals surface area contributed by atoms with Gasteiger partial charge in [-0.25, -0.2) is 9.78 Å². The first kappa shape index (κ1) is 18.7. The highest BCUT2D eigenvalue weighted by molar-refractivity contribution is 5.62. The van der Waals surface area contributed by atoms with Gasteiger partial charge in [-0.1, -0.05) is 19.8 Å². The maximum Gasteiger partial charge on any atom is 0.427 e. The van der Waals surface area contributed by atoms with Crippen LogP contribution in [0.1, 0.15) is 45.4 Å². The molecule has 0 amide bonds. The summed E-state index contributed by atoms with van der Waals surface area (Å²) in [5.41, 5.74) is 0.763. The fraction of sp³-hybridized carbons (Fsp3) is 0.722. The van der Waals surface area contributed by atoms with Crippen molar-refractivity contribution in [3.8, 4) is 12.0 Å². The van der Waals surface area contributed by atoms with Crippen molar-refractivity contribution in [3.63, 3.8) is 0 Å². The zero-order valence-corrected chi connectivity index (χ0v) is 15.7. The Balaban J connectivity index is 2.05. The molecule has 1 aliphatic rings. The van der Waals surface area contributed by atoms with Gasteiger partial charge in [0.05, 0.1) is 26.7 Å². The molecule has 8 heteroatoms. The summed E-state index contributed by atoms with van der Waals surface area (Å²) in [4.78, 5) is 16.2. The summed E-state index contributed by atoms with van der Waals surface area (Å²) in [6, 6.07) is 0.434. The van der Waals surface area contributed by atoms with Crippen LogP contribution < -0.4 is 19.4 Å². The van der Waals surface area contributed by atoms with Crippen molar-refractivity contribution in [1.29, 1.82) is 0 Å². The van der Waals surface area contributed by atoms with Gasteiger partial charge in [0.15, 0.2) is 0 Å². The summed E-state index contributed by atoms with van der Waals surface area (Å²) in [6.07, 6.45) is 6.16. The van der Waals surface area contributed by atoms with E-state index in [-0.39, 0.29) is 24.7 Å². The molecular weight excluding hydrogens is 336 g/mol. The third-order valence-corrected chi connectivity index (χ3v) is 5.21. The van der Waals surface area contributed by atoms with Gasteiger partial charge in [-0.2, -0.15) is 13.7 Å². The second-order valence-corrected chi connectivity index (χ2v) is 7.13. The third kappa shape index (κ3) is 3.42. The number of aromatic hydroxyl groups is 1. The van der Waals surface area contributed by atoms with Crippen LogP contribution >= 0.6 is 0 Å². The summed E-state index contributed by atoms with van der Waals surface area (Å²) in [5, 5.41) is 19.5. The number of imidazole rings is 1. The van der Waals surface area contributed by atoms with Crippen LogP contribution in [0.15, 0.2) is 4.79 Å². The Morgan fingerprint density at radius 1 is 1.35 bits per heavy atom. The number of hydrogen-bond acceptors (Lipinski definition) is 4. The number of fused-ring (bicyclic) bond motifs is 1. The van der Waals surface area contributed by atoms with Gasteiger partial charge in [-0.05, 0) is 25.2 Å². The molecule has 26 heavy (non-hydrogen) atoms. The van der Waals surface area contributed by atoms with Crippen molar-refractivity contribution in [2.24, 2.45) is 13.0 Å². The second-order valence-electron chi connectivity index (χ2n) is 7.13. The molecule has 0 saturated heterocycles. The molecule has 1 aliphatic carbocycles. The van der Waals surface area contributed by atoms with Gasteiger partial charge < -0.3 is 14.9 Å². The highest BCUT2D eigenvalue weighted by atomic mass is 16.5. The van der Waals surface area contributed by atoms with E-state index in [0.717, 1.165) is 6.42 Å². The number of hydrogen-bond donors (Lipinski definition) is 3. The zero-order chi connectivity index (χ0) is 18.7. The molecule has 0 atom stereocenters. The Kier molecular flexibility index (Phi) is 5.80. The van der Waals surface area contributed by atoms with Gasteiger partial charge in [-0.15, -0.1) is 0 Å². The number of aryl methyl sites for hydroxylation is 2. The van der Waals surface area contributed by atoms with E-state index in [4.69, 9.17) is 9.84 Å². The number of aromatic nitrogens is 4. The predicted octanol–water partition coefficient (Wildman–Crippen LogP) is 0.509. The van der Waals surface area contributed by atoms with Crippen LogP contribution in [0.3, 0.4) is 0 Å². The Morgan fingerprint density at radius 3 is 2.73 bits per heavy atom.